The molecule has 0 unspecified atom stereocenters. The summed E-state index contributed by atoms with van der Waals surface area (Å²) in [4.78, 5) is 2.24. The summed E-state index contributed by atoms with van der Waals surface area (Å²) in [5, 5.41) is 10.2. The van der Waals surface area contributed by atoms with E-state index in [1.165, 1.54) is 0 Å². The molecule has 0 aromatic heterocycles. The number of unbranched alkanes of at least 4 members (excludes halogenated alkanes) is 1. The molecule has 0 saturated carbocycles. The highest BCUT2D eigenvalue weighted by atomic mass is 35.5. The van der Waals surface area contributed by atoms with Crippen LogP contribution >= 0.6 is 11.6 Å². The number of nitrogens with zero attached hydrogens (tertiary/aromatic N) is 1. The Morgan fingerprint density at radius 3 is 2.50 bits per heavy atom. The summed E-state index contributed by atoms with van der Waals surface area (Å²) in [6.07, 6.45) is 2.23. The standard InChI is InChI=1S/C17H20ClNO/c1-2-3-11-19(16-7-5-4-6-8-16)17-10-9-15(18)12-14(17)13-20/h4-10,12,20H,2-3,11,13H2,1H3. The molecule has 0 spiro atoms. The highest BCUT2D eigenvalue weighted by Gasteiger charge is 2.12. The second-order valence-corrected chi connectivity index (χ2v) is 5.21. The maximum atomic E-state index is 9.58. The molecule has 0 saturated heterocycles. The van der Waals surface area contributed by atoms with Gasteiger partial charge in [-0.2, -0.15) is 0 Å². The van der Waals surface area contributed by atoms with Gasteiger partial charge >= 0.3 is 0 Å². The number of para-hydroxylation sites is 1. The van der Waals surface area contributed by atoms with Gasteiger partial charge in [-0.05, 0) is 36.8 Å². The molecule has 0 atom stereocenters. The van der Waals surface area contributed by atoms with Crippen molar-refractivity contribution in [3.63, 3.8) is 0 Å². The number of anilines is 2. The summed E-state index contributed by atoms with van der Waals surface area (Å²) in [6.45, 7) is 3.10. The van der Waals surface area contributed by atoms with E-state index >= 15 is 0 Å². The number of benzene rings is 2. The molecule has 2 rings (SSSR count). The molecule has 0 heterocycles. The zero-order valence-electron chi connectivity index (χ0n) is 11.7. The van der Waals surface area contributed by atoms with Crippen LogP contribution in [0, 0.1) is 0 Å². The van der Waals surface area contributed by atoms with Crippen LogP contribution in [0.3, 0.4) is 0 Å². The fraction of sp³-hybridized carbons (Fsp3) is 0.294. The van der Waals surface area contributed by atoms with Crippen LogP contribution in [-0.4, -0.2) is 11.7 Å². The maximum Gasteiger partial charge on any atom is 0.0702 e. The van der Waals surface area contributed by atoms with Crippen LogP contribution in [0.15, 0.2) is 48.5 Å². The summed E-state index contributed by atoms with van der Waals surface area (Å²) in [5.74, 6) is 0. The van der Waals surface area contributed by atoms with Crippen molar-refractivity contribution >= 4 is 23.0 Å². The smallest absolute Gasteiger partial charge is 0.0702 e. The quantitative estimate of drug-likeness (QED) is 0.828. The lowest BCUT2D eigenvalue weighted by Crippen LogP contribution is -2.19. The highest BCUT2D eigenvalue weighted by molar-refractivity contribution is 6.30. The minimum atomic E-state index is -0.00858. The lowest BCUT2D eigenvalue weighted by molar-refractivity contribution is 0.282. The fourth-order valence-electron chi connectivity index (χ4n) is 2.26. The summed E-state index contributed by atoms with van der Waals surface area (Å²) < 4.78 is 0. The summed E-state index contributed by atoms with van der Waals surface area (Å²) in [7, 11) is 0. The van der Waals surface area contributed by atoms with Gasteiger partial charge in [-0.3, -0.25) is 0 Å². The molecule has 0 bridgehead atoms. The largest absolute Gasteiger partial charge is 0.392 e. The number of aliphatic hydroxyl groups excluding tert-OH is 1. The number of aliphatic hydroxyl groups is 1. The highest BCUT2D eigenvalue weighted by Crippen LogP contribution is 2.31. The first kappa shape index (κ1) is 14.9. The summed E-state index contributed by atoms with van der Waals surface area (Å²) in [6, 6.07) is 15.9. The van der Waals surface area contributed by atoms with Gasteiger partial charge in [-0.15, -0.1) is 0 Å². The van der Waals surface area contributed by atoms with Crippen LogP contribution in [0.4, 0.5) is 11.4 Å². The van der Waals surface area contributed by atoms with E-state index in [4.69, 9.17) is 11.6 Å². The van der Waals surface area contributed by atoms with E-state index in [1.807, 2.05) is 36.4 Å². The Kier molecular flexibility index (Phi) is 5.45. The van der Waals surface area contributed by atoms with Crippen molar-refractivity contribution in [1.82, 2.24) is 0 Å². The number of rotatable bonds is 6. The molecule has 0 amide bonds. The monoisotopic (exact) mass is 289 g/mol. The van der Waals surface area contributed by atoms with Crippen molar-refractivity contribution in [3.8, 4) is 0 Å². The van der Waals surface area contributed by atoms with Gasteiger partial charge in [0.25, 0.3) is 0 Å². The second kappa shape index (κ2) is 7.32. The normalized spacial score (nSPS) is 10.6. The summed E-state index contributed by atoms with van der Waals surface area (Å²) in [5.41, 5.74) is 3.02. The average molecular weight is 290 g/mol. The molecule has 3 heteroatoms. The van der Waals surface area contributed by atoms with E-state index in [0.717, 1.165) is 36.3 Å². The van der Waals surface area contributed by atoms with Gasteiger partial charge in [-0.25, -0.2) is 0 Å². The van der Waals surface area contributed by atoms with Crippen molar-refractivity contribution in [2.45, 2.75) is 26.4 Å². The van der Waals surface area contributed by atoms with E-state index in [2.05, 4.69) is 24.0 Å². The molecule has 0 aliphatic carbocycles. The molecule has 20 heavy (non-hydrogen) atoms. The third-order valence-electron chi connectivity index (χ3n) is 3.31. The van der Waals surface area contributed by atoms with Gasteiger partial charge in [0.2, 0.25) is 0 Å². The molecule has 106 valence electrons. The average Bonchev–Trinajstić information content (AvgIpc) is 2.49. The van der Waals surface area contributed by atoms with E-state index in [0.29, 0.717) is 5.02 Å². The van der Waals surface area contributed by atoms with Crippen molar-refractivity contribution in [1.29, 1.82) is 0 Å². The first-order valence-corrected chi connectivity index (χ1v) is 7.36. The number of halogens is 1. The maximum absolute atomic E-state index is 9.58. The molecular formula is C17H20ClNO. The summed E-state index contributed by atoms with van der Waals surface area (Å²) >= 11 is 6.02. The Balaban J connectivity index is 2.41. The molecule has 0 aliphatic heterocycles. The SMILES string of the molecule is CCCCN(c1ccccc1)c1ccc(Cl)cc1CO. The van der Waals surface area contributed by atoms with Crippen LogP contribution in [0.2, 0.25) is 5.02 Å². The van der Waals surface area contributed by atoms with Crippen LogP contribution in [-0.2, 0) is 6.61 Å². The molecule has 2 nitrogen and oxygen atoms in total. The topological polar surface area (TPSA) is 23.5 Å². The van der Waals surface area contributed by atoms with Gasteiger partial charge in [0.1, 0.15) is 0 Å². The molecular weight excluding hydrogens is 270 g/mol. The molecule has 2 aromatic rings. The predicted molar refractivity (Wildman–Crippen MR) is 85.7 cm³/mol. The third-order valence-corrected chi connectivity index (χ3v) is 3.54. The van der Waals surface area contributed by atoms with E-state index in [-0.39, 0.29) is 6.61 Å². The molecule has 0 radical (unpaired) electrons. The third kappa shape index (κ3) is 3.53. The predicted octanol–water partition coefficient (Wildman–Crippen LogP) is 4.77. The minimum Gasteiger partial charge on any atom is -0.392 e. The zero-order valence-corrected chi connectivity index (χ0v) is 12.5. The van der Waals surface area contributed by atoms with Crippen LogP contribution in [0.25, 0.3) is 0 Å². The zero-order chi connectivity index (χ0) is 14.4. The van der Waals surface area contributed by atoms with Gasteiger partial charge in [0.05, 0.1) is 6.61 Å². The Morgan fingerprint density at radius 1 is 1.10 bits per heavy atom. The molecule has 1 N–H and O–H groups in total. The van der Waals surface area contributed by atoms with Gasteiger partial charge in [0.15, 0.2) is 0 Å². The fourth-order valence-corrected chi connectivity index (χ4v) is 2.45. The van der Waals surface area contributed by atoms with Crippen molar-refractivity contribution < 1.29 is 5.11 Å². The molecule has 2 aromatic carbocycles. The molecule has 0 aliphatic rings. The van der Waals surface area contributed by atoms with Crippen molar-refractivity contribution in [3.05, 3.63) is 59.1 Å². The van der Waals surface area contributed by atoms with Crippen molar-refractivity contribution in [2.75, 3.05) is 11.4 Å². The lowest BCUT2D eigenvalue weighted by Gasteiger charge is -2.27. The van der Waals surface area contributed by atoms with Gasteiger partial charge in [0, 0.05) is 28.5 Å². The lowest BCUT2D eigenvalue weighted by atomic mass is 10.1. The van der Waals surface area contributed by atoms with E-state index in [1.54, 1.807) is 0 Å². The first-order valence-electron chi connectivity index (χ1n) is 6.98. The molecule has 0 fully saturated rings. The Bertz CT molecular complexity index is 542. The van der Waals surface area contributed by atoms with Crippen molar-refractivity contribution in [2.24, 2.45) is 0 Å². The minimum absolute atomic E-state index is 0.00858. The van der Waals surface area contributed by atoms with Gasteiger partial charge in [-0.1, -0.05) is 43.1 Å². The second-order valence-electron chi connectivity index (χ2n) is 4.77. The first-order chi connectivity index (χ1) is 9.76. The van der Waals surface area contributed by atoms with Crippen LogP contribution < -0.4 is 4.90 Å². The van der Waals surface area contributed by atoms with Crippen LogP contribution in [0.1, 0.15) is 25.3 Å². The Morgan fingerprint density at radius 2 is 1.85 bits per heavy atom. The van der Waals surface area contributed by atoms with E-state index in [9.17, 15) is 5.11 Å². The Labute approximate surface area is 125 Å². The number of hydrogen-bond acceptors (Lipinski definition) is 2. The number of hydrogen-bond donors (Lipinski definition) is 1. The Hall–Kier alpha value is -1.51. The van der Waals surface area contributed by atoms with Crippen LogP contribution in [0.5, 0.6) is 0 Å². The van der Waals surface area contributed by atoms with E-state index < -0.39 is 0 Å². The van der Waals surface area contributed by atoms with Gasteiger partial charge < -0.3 is 10.0 Å².